The number of aliphatic hydroxyl groups excluding tert-OH is 1. The Hall–Kier alpha value is -1.86. The van der Waals surface area contributed by atoms with Gasteiger partial charge in [-0.15, -0.1) is 11.8 Å². The van der Waals surface area contributed by atoms with E-state index in [1.165, 1.54) is 16.7 Å². The summed E-state index contributed by atoms with van der Waals surface area (Å²) in [6, 6.07) is 3.64. The second-order valence-electron chi connectivity index (χ2n) is 6.40. The van der Waals surface area contributed by atoms with Gasteiger partial charge in [0.25, 0.3) is 0 Å². The van der Waals surface area contributed by atoms with Gasteiger partial charge >= 0.3 is 0 Å². The van der Waals surface area contributed by atoms with Crippen molar-refractivity contribution in [3.63, 3.8) is 0 Å². The number of carbonyl (C=O) groups is 2. The zero-order valence-corrected chi connectivity index (χ0v) is 14.6. The van der Waals surface area contributed by atoms with E-state index in [0.29, 0.717) is 11.3 Å². The first kappa shape index (κ1) is 17.0. The smallest absolute Gasteiger partial charge is 0.235 e. The molecule has 0 spiro atoms. The first-order valence-electron chi connectivity index (χ1n) is 7.86. The normalized spacial score (nSPS) is 27.1. The summed E-state index contributed by atoms with van der Waals surface area (Å²) in [5, 5.41) is 21.4. The monoisotopic (exact) mass is 348 g/mol. The quantitative estimate of drug-likeness (QED) is 0.439. The Morgan fingerprint density at radius 3 is 2.62 bits per heavy atom. The summed E-state index contributed by atoms with van der Waals surface area (Å²) in [5.41, 5.74) is 0.693. The van der Waals surface area contributed by atoms with Crippen LogP contribution in [0.1, 0.15) is 13.8 Å². The van der Waals surface area contributed by atoms with Crippen LogP contribution in [0.4, 0.5) is 0 Å². The number of nitrogens with zero attached hydrogens (tertiary/aromatic N) is 2. The fraction of sp³-hybridized carbons (Fsp3) is 0.471. The Balaban J connectivity index is 1.84. The van der Waals surface area contributed by atoms with Crippen LogP contribution >= 0.6 is 11.8 Å². The second-order valence-corrected chi connectivity index (χ2v) is 7.45. The lowest BCUT2D eigenvalue weighted by atomic mass is 9.78. The molecule has 1 aromatic rings. The Kier molecular flexibility index (Phi) is 4.40. The molecule has 24 heavy (non-hydrogen) atoms. The maximum Gasteiger partial charge on any atom is 0.235 e. The number of carboxylic acid groups (broad SMARTS) is 1. The number of carbonyl (C=O) groups excluding carboxylic acids is 2. The number of thioether (sulfide) groups is 1. The molecule has 2 aliphatic rings. The molecule has 3 heterocycles. The molecule has 2 aliphatic heterocycles. The molecule has 0 saturated carbocycles. The fourth-order valence-electron chi connectivity index (χ4n) is 3.57. The highest BCUT2D eigenvalue weighted by Gasteiger charge is 2.58. The van der Waals surface area contributed by atoms with Crippen molar-refractivity contribution in [2.45, 2.75) is 30.9 Å². The van der Waals surface area contributed by atoms with Crippen LogP contribution in [0.2, 0.25) is 0 Å². The number of aromatic nitrogens is 1. The predicted molar refractivity (Wildman–Crippen MR) is 85.3 cm³/mol. The molecule has 0 radical (unpaired) electrons. The number of β-lactam (4-membered cyclic amide) rings is 1. The van der Waals surface area contributed by atoms with Crippen LogP contribution in [0.25, 0.3) is 0 Å². The maximum absolute atomic E-state index is 12.2. The van der Waals surface area contributed by atoms with Gasteiger partial charge in [-0.25, -0.2) is 4.57 Å². The van der Waals surface area contributed by atoms with E-state index in [0.717, 1.165) is 4.90 Å². The molecule has 1 fully saturated rings. The predicted octanol–water partition coefficient (Wildman–Crippen LogP) is -0.535. The minimum absolute atomic E-state index is 0.0108. The number of amides is 1. The van der Waals surface area contributed by atoms with Crippen molar-refractivity contribution in [2.75, 3.05) is 5.75 Å². The van der Waals surface area contributed by atoms with Crippen molar-refractivity contribution in [3.8, 4) is 0 Å². The number of carboxylic acids is 1. The van der Waals surface area contributed by atoms with E-state index in [1.807, 2.05) is 43.1 Å². The van der Waals surface area contributed by atoms with E-state index in [9.17, 15) is 19.8 Å². The van der Waals surface area contributed by atoms with E-state index >= 15 is 0 Å². The number of aryl methyl sites for hydroxylation is 1. The van der Waals surface area contributed by atoms with Gasteiger partial charge in [0.2, 0.25) is 5.91 Å². The molecule has 0 unspecified atom stereocenters. The third-order valence-corrected chi connectivity index (χ3v) is 5.91. The lowest BCUT2D eigenvalue weighted by molar-refractivity contribution is -0.671. The first-order chi connectivity index (χ1) is 11.3. The van der Waals surface area contributed by atoms with Gasteiger partial charge in [-0.2, -0.15) is 0 Å². The summed E-state index contributed by atoms with van der Waals surface area (Å²) in [4.78, 5) is 26.2. The van der Waals surface area contributed by atoms with Gasteiger partial charge in [0.1, 0.15) is 7.05 Å². The van der Waals surface area contributed by atoms with Crippen LogP contribution in [0.5, 0.6) is 0 Å². The van der Waals surface area contributed by atoms with Gasteiger partial charge in [-0.05, 0) is 12.5 Å². The summed E-state index contributed by atoms with van der Waals surface area (Å²) in [6.07, 6.45) is 3.06. The largest absolute Gasteiger partial charge is 0.543 e. The number of rotatable bonds is 5. The summed E-state index contributed by atoms with van der Waals surface area (Å²) in [6.45, 7) is 3.48. The van der Waals surface area contributed by atoms with Crippen LogP contribution in [-0.2, 0) is 16.6 Å². The molecule has 0 bridgehead atoms. The third-order valence-electron chi connectivity index (χ3n) is 4.85. The standard InChI is InChI=1S/C17H20N2O4S/c1-9-12(8-24-11-4-6-18(3)7-5-11)15(17(22)23)19-14(9)13(10(2)20)16(19)21/h4-7,9-10,13-14,20H,8H2,1-3H3/t9-,10+,13+,14+/m0/s1. The minimum Gasteiger partial charge on any atom is -0.543 e. The van der Waals surface area contributed by atoms with E-state index in [1.54, 1.807) is 6.92 Å². The Labute approximate surface area is 144 Å². The fourth-order valence-corrected chi connectivity index (χ4v) is 4.60. The van der Waals surface area contributed by atoms with Crippen molar-refractivity contribution in [3.05, 3.63) is 35.8 Å². The van der Waals surface area contributed by atoms with Crippen LogP contribution in [0.15, 0.2) is 40.7 Å². The summed E-state index contributed by atoms with van der Waals surface area (Å²) in [5.74, 6) is -1.81. The number of aliphatic carboxylic acids is 1. The van der Waals surface area contributed by atoms with E-state index in [-0.39, 0.29) is 23.6 Å². The van der Waals surface area contributed by atoms with Crippen molar-refractivity contribution in [2.24, 2.45) is 18.9 Å². The van der Waals surface area contributed by atoms with Gasteiger partial charge in [0.05, 0.1) is 29.7 Å². The third kappa shape index (κ3) is 2.61. The Morgan fingerprint density at radius 1 is 1.46 bits per heavy atom. The Morgan fingerprint density at radius 2 is 2.08 bits per heavy atom. The summed E-state index contributed by atoms with van der Waals surface area (Å²) < 4.78 is 1.92. The molecular formula is C17H20N2O4S. The highest BCUT2D eigenvalue weighted by Crippen LogP contribution is 2.47. The van der Waals surface area contributed by atoms with Gasteiger partial charge in [-0.3, -0.25) is 4.79 Å². The van der Waals surface area contributed by atoms with Crippen LogP contribution in [-0.4, -0.2) is 39.8 Å². The van der Waals surface area contributed by atoms with Gasteiger partial charge in [0.15, 0.2) is 12.4 Å². The average molecular weight is 348 g/mol. The molecule has 6 nitrogen and oxygen atoms in total. The van der Waals surface area contributed by atoms with Crippen LogP contribution < -0.4 is 9.67 Å². The number of hydrogen-bond acceptors (Lipinski definition) is 5. The van der Waals surface area contributed by atoms with Crippen molar-refractivity contribution in [1.82, 2.24) is 4.90 Å². The van der Waals surface area contributed by atoms with Crippen molar-refractivity contribution >= 4 is 23.6 Å². The molecule has 1 saturated heterocycles. The highest BCUT2D eigenvalue weighted by molar-refractivity contribution is 7.99. The topological polar surface area (TPSA) is 84.5 Å². The van der Waals surface area contributed by atoms with Gasteiger partial charge < -0.3 is 19.9 Å². The number of pyridine rings is 1. The first-order valence-corrected chi connectivity index (χ1v) is 8.85. The molecule has 4 atom stereocenters. The number of aliphatic hydroxyl groups is 1. The SMILES string of the molecule is C[C@@H](O)[C@H]1C(=O)N2C(C(=O)[O-])=C(CSc3cc[n+](C)cc3)[C@H](C)[C@H]12. The lowest BCUT2D eigenvalue weighted by Gasteiger charge is -2.47. The Bertz CT molecular complexity index is 714. The number of hydrogen-bond donors (Lipinski definition) is 1. The molecule has 1 aromatic heterocycles. The molecule has 1 amide bonds. The molecule has 0 aromatic carbocycles. The van der Waals surface area contributed by atoms with Gasteiger partial charge in [0, 0.05) is 28.7 Å². The lowest BCUT2D eigenvalue weighted by Crippen LogP contribution is -2.64. The minimum atomic E-state index is -1.32. The zero-order chi connectivity index (χ0) is 17.6. The molecule has 1 N–H and O–H groups in total. The summed E-state index contributed by atoms with van der Waals surface area (Å²) in [7, 11) is 1.93. The van der Waals surface area contributed by atoms with E-state index in [4.69, 9.17) is 0 Å². The van der Waals surface area contributed by atoms with Crippen molar-refractivity contribution < 1.29 is 24.4 Å². The molecule has 7 heteroatoms. The van der Waals surface area contributed by atoms with Crippen molar-refractivity contribution in [1.29, 1.82) is 0 Å². The highest BCUT2D eigenvalue weighted by atomic mass is 32.2. The maximum atomic E-state index is 12.2. The van der Waals surface area contributed by atoms with E-state index < -0.39 is 18.0 Å². The number of fused-ring (bicyclic) bond motifs is 1. The molecule has 3 rings (SSSR count). The summed E-state index contributed by atoms with van der Waals surface area (Å²) >= 11 is 1.53. The van der Waals surface area contributed by atoms with Crippen LogP contribution in [0, 0.1) is 11.8 Å². The molecular weight excluding hydrogens is 328 g/mol. The molecule has 128 valence electrons. The zero-order valence-electron chi connectivity index (χ0n) is 13.8. The van der Waals surface area contributed by atoms with E-state index in [2.05, 4.69) is 0 Å². The second kappa shape index (κ2) is 6.22. The van der Waals surface area contributed by atoms with Gasteiger partial charge in [-0.1, -0.05) is 6.92 Å². The molecule has 0 aliphatic carbocycles. The average Bonchev–Trinajstić information content (AvgIpc) is 2.76. The van der Waals surface area contributed by atoms with Crippen LogP contribution in [0.3, 0.4) is 0 Å².